The smallest absolute Gasteiger partial charge is 0.224 e. The molecular weight excluding hydrogens is 154 g/mol. The molecule has 1 aliphatic heterocycles. The van der Waals surface area contributed by atoms with Crippen molar-refractivity contribution in [1.29, 1.82) is 0 Å². The lowest BCUT2D eigenvalue weighted by Crippen LogP contribution is -2.37. The van der Waals surface area contributed by atoms with Crippen molar-refractivity contribution >= 4 is 5.91 Å². The Labute approximate surface area is 73.7 Å². The standard InChI is InChI=1S/C9H17NO2/c1-2-3-5-9(11)10-6-4-7-12-8-10/h2-8H2,1H3. The van der Waals surface area contributed by atoms with Gasteiger partial charge in [0.15, 0.2) is 0 Å². The van der Waals surface area contributed by atoms with Crippen molar-refractivity contribution in [3.05, 3.63) is 0 Å². The number of rotatable bonds is 3. The quantitative estimate of drug-likeness (QED) is 0.642. The van der Waals surface area contributed by atoms with Gasteiger partial charge in [0.05, 0.1) is 6.61 Å². The predicted molar refractivity (Wildman–Crippen MR) is 46.7 cm³/mol. The van der Waals surface area contributed by atoms with E-state index in [4.69, 9.17) is 4.74 Å². The third-order valence-electron chi connectivity index (χ3n) is 2.06. The van der Waals surface area contributed by atoms with E-state index >= 15 is 0 Å². The first-order chi connectivity index (χ1) is 5.84. The van der Waals surface area contributed by atoms with E-state index in [0.29, 0.717) is 13.2 Å². The Bertz CT molecular complexity index is 141. The van der Waals surface area contributed by atoms with Gasteiger partial charge >= 0.3 is 0 Å². The molecule has 1 saturated heterocycles. The number of unbranched alkanes of at least 4 members (excludes halogenated alkanes) is 1. The number of hydrogen-bond donors (Lipinski definition) is 0. The molecule has 1 amide bonds. The van der Waals surface area contributed by atoms with Gasteiger partial charge in [0.1, 0.15) is 6.73 Å². The SMILES string of the molecule is CCCCC(=O)N1CCCOC1. The van der Waals surface area contributed by atoms with Crippen LogP contribution in [0.1, 0.15) is 32.6 Å². The van der Waals surface area contributed by atoms with Crippen LogP contribution < -0.4 is 0 Å². The predicted octanol–water partition coefficient (Wildman–Crippen LogP) is 1.38. The molecule has 0 radical (unpaired) electrons. The molecule has 70 valence electrons. The highest BCUT2D eigenvalue weighted by atomic mass is 16.5. The van der Waals surface area contributed by atoms with E-state index in [1.165, 1.54) is 0 Å². The Morgan fingerprint density at radius 1 is 1.58 bits per heavy atom. The molecule has 0 aliphatic carbocycles. The summed E-state index contributed by atoms with van der Waals surface area (Å²) in [6, 6.07) is 0. The number of hydrogen-bond acceptors (Lipinski definition) is 2. The van der Waals surface area contributed by atoms with Crippen LogP contribution in [0.25, 0.3) is 0 Å². The molecule has 1 rings (SSSR count). The molecule has 0 aromatic carbocycles. The molecule has 0 aromatic rings. The van der Waals surface area contributed by atoms with E-state index in [0.717, 1.165) is 32.4 Å². The van der Waals surface area contributed by atoms with E-state index in [-0.39, 0.29) is 5.91 Å². The molecule has 1 aliphatic rings. The number of nitrogens with zero attached hydrogens (tertiary/aromatic N) is 1. The van der Waals surface area contributed by atoms with Gasteiger partial charge in [0.2, 0.25) is 5.91 Å². The molecule has 1 fully saturated rings. The average molecular weight is 171 g/mol. The summed E-state index contributed by atoms with van der Waals surface area (Å²) in [6.07, 6.45) is 3.74. The summed E-state index contributed by atoms with van der Waals surface area (Å²) in [5, 5.41) is 0. The average Bonchev–Trinajstić information content (AvgIpc) is 2.15. The van der Waals surface area contributed by atoms with E-state index in [1.807, 2.05) is 0 Å². The fourth-order valence-corrected chi connectivity index (χ4v) is 1.28. The number of ether oxygens (including phenoxy) is 1. The van der Waals surface area contributed by atoms with Gasteiger partial charge in [0, 0.05) is 13.0 Å². The molecule has 12 heavy (non-hydrogen) atoms. The molecule has 0 unspecified atom stereocenters. The molecule has 1 heterocycles. The summed E-state index contributed by atoms with van der Waals surface area (Å²) < 4.78 is 5.19. The summed E-state index contributed by atoms with van der Waals surface area (Å²) in [7, 11) is 0. The van der Waals surface area contributed by atoms with Gasteiger partial charge in [-0.05, 0) is 12.8 Å². The van der Waals surface area contributed by atoms with E-state index < -0.39 is 0 Å². The second-order valence-electron chi connectivity index (χ2n) is 3.15. The van der Waals surface area contributed by atoms with Gasteiger partial charge in [-0.2, -0.15) is 0 Å². The number of carbonyl (C=O) groups excluding carboxylic acids is 1. The van der Waals surface area contributed by atoms with Crippen LogP contribution in [0.5, 0.6) is 0 Å². The molecule has 0 aromatic heterocycles. The normalized spacial score (nSPS) is 17.9. The number of carbonyl (C=O) groups is 1. The van der Waals surface area contributed by atoms with Crippen LogP contribution in [0.2, 0.25) is 0 Å². The summed E-state index contributed by atoms with van der Waals surface area (Å²) >= 11 is 0. The Morgan fingerprint density at radius 3 is 3.00 bits per heavy atom. The Balaban J connectivity index is 2.20. The van der Waals surface area contributed by atoms with Crippen molar-refractivity contribution in [2.75, 3.05) is 19.9 Å². The molecule has 0 bridgehead atoms. The van der Waals surface area contributed by atoms with E-state index in [1.54, 1.807) is 4.90 Å². The van der Waals surface area contributed by atoms with Crippen molar-refractivity contribution in [3.63, 3.8) is 0 Å². The Hall–Kier alpha value is -0.570. The van der Waals surface area contributed by atoms with Crippen molar-refractivity contribution in [2.45, 2.75) is 32.6 Å². The molecule has 0 atom stereocenters. The number of amides is 1. The van der Waals surface area contributed by atoms with Gasteiger partial charge in [-0.25, -0.2) is 0 Å². The second-order valence-corrected chi connectivity index (χ2v) is 3.15. The minimum absolute atomic E-state index is 0.247. The second kappa shape index (κ2) is 5.14. The third kappa shape index (κ3) is 2.81. The first kappa shape index (κ1) is 9.52. The summed E-state index contributed by atoms with van der Waals surface area (Å²) in [5.74, 6) is 0.247. The zero-order chi connectivity index (χ0) is 8.81. The maximum Gasteiger partial charge on any atom is 0.224 e. The van der Waals surface area contributed by atoms with E-state index in [9.17, 15) is 4.79 Å². The fourth-order valence-electron chi connectivity index (χ4n) is 1.28. The van der Waals surface area contributed by atoms with Crippen LogP contribution in [0, 0.1) is 0 Å². The van der Waals surface area contributed by atoms with Crippen LogP contribution in [0.15, 0.2) is 0 Å². The molecule has 3 nitrogen and oxygen atoms in total. The maximum atomic E-state index is 11.4. The first-order valence-corrected chi connectivity index (χ1v) is 4.70. The Kier molecular flexibility index (Phi) is 4.08. The highest BCUT2D eigenvalue weighted by Crippen LogP contribution is 2.05. The molecule has 0 spiro atoms. The van der Waals surface area contributed by atoms with Crippen LogP contribution >= 0.6 is 0 Å². The van der Waals surface area contributed by atoms with Crippen molar-refractivity contribution in [1.82, 2.24) is 4.90 Å². The topological polar surface area (TPSA) is 29.5 Å². The molecule has 0 N–H and O–H groups in total. The highest BCUT2D eigenvalue weighted by molar-refractivity contribution is 5.76. The zero-order valence-corrected chi connectivity index (χ0v) is 7.71. The fraction of sp³-hybridized carbons (Fsp3) is 0.889. The monoisotopic (exact) mass is 171 g/mol. The molecular formula is C9H17NO2. The lowest BCUT2D eigenvalue weighted by Gasteiger charge is -2.26. The van der Waals surface area contributed by atoms with Crippen molar-refractivity contribution < 1.29 is 9.53 Å². The van der Waals surface area contributed by atoms with Crippen molar-refractivity contribution in [2.24, 2.45) is 0 Å². The van der Waals surface area contributed by atoms with Gasteiger partial charge in [-0.3, -0.25) is 4.79 Å². The third-order valence-corrected chi connectivity index (χ3v) is 2.06. The largest absolute Gasteiger partial charge is 0.361 e. The van der Waals surface area contributed by atoms with Crippen molar-refractivity contribution in [3.8, 4) is 0 Å². The minimum Gasteiger partial charge on any atom is -0.361 e. The van der Waals surface area contributed by atoms with E-state index in [2.05, 4.69) is 6.92 Å². The van der Waals surface area contributed by atoms with Gasteiger partial charge in [0.25, 0.3) is 0 Å². The lowest BCUT2D eigenvalue weighted by atomic mass is 10.2. The lowest BCUT2D eigenvalue weighted by molar-refractivity contribution is -0.140. The van der Waals surface area contributed by atoms with Crippen LogP contribution in [0.4, 0.5) is 0 Å². The first-order valence-electron chi connectivity index (χ1n) is 4.70. The highest BCUT2D eigenvalue weighted by Gasteiger charge is 2.15. The van der Waals surface area contributed by atoms with Gasteiger partial charge in [-0.15, -0.1) is 0 Å². The minimum atomic E-state index is 0.247. The maximum absolute atomic E-state index is 11.4. The van der Waals surface area contributed by atoms with Crippen LogP contribution in [-0.2, 0) is 9.53 Å². The summed E-state index contributed by atoms with van der Waals surface area (Å²) in [4.78, 5) is 13.2. The zero-order valence-electron chi connectivity index (χ0n) is 7.71. The molecule has 3 heteroatoms. The Morgan fingerprint density at radius 2 is 2.42 bits per heavy atom. The summed E-state index contributed by atoms with van der Waals surface area (Å²) in [6.45, 7) is 4.28. The van der Waals surface area contributed by atoms with Crippen LogP contribution in [-0.4, -0.2) is 30.7 Å². The van der Waals surface area contributed by atoms with Crippen LogP contribution in [0.3, 0.4) is 0 Å². The summed E-state index contributed by atoms with van der Waals surface area (Å²) in [5.41, 5.74) is 0. The van der Waals surface area contributed by atoms with Gasteiger partial charge < -0.3 is 9.64 Å². The van der Waals surface area contributed by atoms with Gasteiger partial charge in [-0.1, -0.05) is 13.3 Å². The molecule has 0 saturated carbocycles.